The molecular weight excluding hydrogens is 240 g/mol. The molecule has 19 heavy (non-hydrogen) atoms. The van der Waals surface area contributed by atoms with Crippen molar-refractivity contribution in [2.45, 2.75) is 38.7 Å². The zero-order valence-corrected chi connectivity index (χ0v) is 11.4. The van der Waals surface area contributed by atoms with Gasteiger partial charge in [0.05, 0.1) is 0 Å². The molecule has 1 aliphatic heterocycles. The van der Waals surface area contributed by atoms with Crippen molar-refractivity contribution in [3.63, 3.8) is 0 Å². The van der Waals surface area contributed by atoms with Crippen LogP contribution in [0.25, 0.3) is 11.0 Å². The third-order valence-corrected chi connectivity index (χ3v) is 3.84. The van der Waals surface area contributed by atoms with Crippen LogP contribution in [0.5, 0.6) is 0 Å². The number of ether oxygens (including phenoxy) is 1. The zero-order chi connectivity index (χ0) is 13.5. The van der Waals surface area contributed by atoms with Crippen LogP contribution >= 0.6 is 0 Å². The van der Waals surface area contributed by atoms with Crippen molar-refractivity contribution >= 4 is 16.8 Å². The molecule has 1 aromatic carbocycles. The number of benzene rings is 1. The second kappa shape index (κ2) is 4.49. The molecule has 0 radical (unpaired) electrons. The lowest BCUT2D eigenvalue weighted by Gasteiger charge is -2.31. The maximum absolute atomic E-state index is 12.6. The molecule has 1 aromatic heterocycles. The van der Waals surface area contributed by atoms with Gasteiger partial charge in [-0.3, -0.25) is 4.79 Å². The Bertz CT molecular complexity index is 618. The molecule has 3 rings (SSSR count). The summed E-state index contributed by atoms with van der Waals surface area (Å²) in [6, 6.07) is 7.75. The Balaban J connectivity index is 1.97. The summed E-state index contributed by atoms with van der Waals surface area (Å²) >= 11 is 0. The predicted molar refractivity (Wildman–Crippen MR) is 73.5 cm³/mol. The normalized spacial score (nSPS) is 23.7. The predicted octanol–water partition coefficient (Wildman–Crippen LogP) is 3.88. The molecule has 3 nitrogen and oxygen atoms in total. The Hall–Kier alpha value is -1.61. The second-order valence-corrected chi connectivity index (χ2v) is 5.52. The van der Waals surface area contributed by atoms with Gasteiger partial charge in [0.15, 0.2) is 5.76 Å². The fourth-order valence-electron chi connectivity index (χ4n) is 2.65. The van der Waals surface area contributed by atoms with Crippen molar-refractivity contribution < 1.29 is 13.9 Å². The number of hydrogen-bond donors (Lipinski definition) is 0. The minimum atomic E-state index is -0.721. The highest BCUT2D eigenvalue weighted by molar-refractivity contribution is 6.02. The minimum Gasteiger partial charge on any atom is -0.453 e. The summed E-state index contributed by atoms with van der Waals surface area (Å²) in [6.45, 7) is 4.55. The molecule has 1 fully saturated rings. The minimum absolute atomic E-state index is 0.0407. The van der Waals surface area contributed by atoms with Crippen molar-refractivity contribution in [1.29, 1.82) is 0 Å². The second-order valence-electron chi connectivity index (χ2n) is 5.52. The topological polar surface area (TPSA) is 39.4 Å². The van der Waals surface area contributed by atoms with Crippen LogP contribution in [0.2, 0.25) is 0 Å². The van der Waals surface area contributed by atoms with Crippen LogP contribution in [0.1, 0.15) is 42.3 Å². The van der Waals surface area contributed by atoms with Gasteiger partial charge in [-0.05, 0) is 51.3 Å². The highest BCUT2D eigenvalue weighted by Gasteiger charge is 2.38. The van der Waals surface area contributed by atoms with Crippen LogP contribution < -0.4 is 0 Å². The summed E-state index contributed by atoms with van der Waals surface area (Å²) in [5.41, 5.74) is 1.20. The number of hydrogen-bond acceptors (Lipinski definition) is 3. The maximum atomic E-state index is 12.6. The first-order chi connectivity index (χ1) is 9.08. The van der Waals surface area contributed by atoms with Crippen LogP contribution in [0.4, 0.5) is 0 Å². The van der Waals surface area contributed by atoms with Crippen LogP contribution in [0.3, 0.4) is 0 Å². The van der Waals surface area contributed by atoms with E-state index in [-0.39, 0.29) is 5.78 Å². The first kappa shape index (κ1) is 12.4. The molecule has 1 aliphatic rings. The molecule has 0 bridgehead atoms. The molecule has 2 aromatic rings. The van der Waals surface area contributed by atoms with Crippen LogP contribution in [-0.2, 0) is 4.74 Å². The lowest BCUT2D eigenvalue weighted by molar-refractivity contribution is -0.0439. The van der Waals surface area contributed by atoms with Crippen LogP contribution in [0.15, 0.2) is 28.7 Å². The fraction of sp³-hybridized carbons (Fsp3) is 0.438. The van der Waals surface area contributed by atoms with Crippen molar-refractivity contribution in [2.24, 2.45) is 0 Å². The van der Waals surface area contributed by atoms with Gasteiger partial charge in [0.2, 0.25) is 5.78 Å². The van der Waals surface area contributed by atoms with Gasteiger partial charge in [0, 0.05) is 12.0 Å². The van der Waals surface area contributed by atoms with E-state index in [1.54, 1.807) is 0 Å². The lowest BCUT2D eigenvalue weighted by Crippen LogP contribution is -2.41. The molecule has 0 spiro atoms. The molecule has 1 unspecified atom stereocenters. The summed E-state index contributed by atoms with van der Waals surface area (Å²) in [6.07, 6.45) is 2.83. The summed E-state index contributed by atoms with van der Waals surface area (Å²) in [7, 11) is 0. The fourth-order valence-corrected chi connectivity index (χ4v) is 2.65. The number of ketones is 1. The number of carbonyl (C=O) groups is 1. The number of rotatable bonds is 2. The Kier molecular flexibility index (Phi) is 2.94. The molecule has 0 aliphatic carbocycles. The van der Waals surface area contributed by atoms with Crippen molar-refractivity contribution in [2.75, 3.05) is 6.61 Å². The van der Waals surface area contributed by atoms with Gasteiger partial charge in [-0.1, -0.05) is 11.6 Å². The molecule has 0 amide bonds. The highest BCUT2D eigenvalue weighted by atomic mass is 16.5. The Morgan fingerprint density at radius 1 is 1.26 bits per heavy atom. The number of carbonyl (C=O) groups excluding carboxylic acids is 1. The number of Topliss-reactive ketones (excluding diaryl/α,β-unsaturated/α-hetero) is 1. The van der Waals surface area contributed by atoms with Gasteiger partial charge in [0.1, 0.15) is 11.2 Å². The van der Waals surface area contributed by atoms with E-state index in [4.69, 9.17) is 9.15 Å². The summed E-state index contributed by atoms with van der Waals surface area (Å²) in [4.78, 5) is 12.6. The van der Waals surface area contributed by atoms with Gasteiger partial charge < -0.3 is 9.15 Å². The highest BCUT2D eigenvalue weighted by Crippen LogP contribution is 2.30. The van der Waals surface area contributed by atoms with E-state index >= 15 is 0 Å². The molecular formula is C16H18O3. The first-order valence-electron chi connectivity index (χ1n) is 6.77. The quantitative estimate of drug-likeness (QED) is 0.767. The molecule has 2 heterocycles. The van der Waals surface area contributed by atoms with Gasteiger partial charge in [0.25, 0.3) is 0 Å². The zero-order valence-electron chi connectivity index (χ0n) is 11.4. The maximum Gasteiger partial charge on any atom is 0.229 e. The third kappa shape index (κ3) is 2.19. The summed E-state index contributed by atoms with van der Waals surface area (Å²) in [5.74, 6) is 0.367. The monoisotopic (exact) mass is 258 g/mol. The van der Waals surface area contributed by atoms with E-state index in [9.17, 15) is 4.79 Å². The number of fused-ring (bicyclic) bond motifs is 1. The van der Waals surface area contributed by atoms with Gasteiger partial charge in [-0.25, -0.2) is 0 Å². The molecule has 0 N–H and O–H groups in total. The van der Waals surface area contributed by atoms with Gasteiger partial charge >= 0.3 is 0 Å². The van der Waals surface area contributed by atoms with Crippen LogP contribution in [0, 0.1) is 6.92 Å². The third-order valence-electron chi connectivity index (χ3n) is 3.84. The van der Waals surface area contributed by atoms with E-state index in [2.05, 4.69) is 0 Å². The Morgan fingerprint density at radius 2 is 2.11 bits per heavy atom. The first-order valence-corrected chi connectivity index (χ1v) is 6.77. The van der Waals surface area contributed by atoms with Gasteiger partial charge in [-0.15, -0.1) is 0 Å². The molecule has 1 saturated heterocycles. The smallest absolute Gasteiger partial charge is 0.229 e. The molecule has 3 heteroatoms. The summed E-state index contributed by atoms with van der Waals surface area (Å²) < 4.78 is 11.4. The van der Waals surface area contributed by atoms with E-state index in [1.807, 2.05) is 38.1 Å². The Morgan fingerprint density at radius 3 is 2.84 bits per heavy atom. The molecule has 100 valence electrons. The van der Waals surface area contributed by atoms with Crippen molar-refractivity contribution in [3.8, 4) is 0 Å². The van der Waals surface area contributed by atoms with E-state index in [0.29, 0.717) is 12.4 Å². The number of aryl methyl sites for hydroxylation is 1. The summed E-state index contributed by atoms with van der Waals surface area (Å²) in [5, 5.41) is 0.975. The van der Waals surface area contributed by atoms with Crippen LogP contribution in [-0.4, -0.2) is 18.0 Å². The van der Waals surface area contributed by atoms with Crippen molar-refractivity contribution in [3.05, 3.63) is 35.6 Å². The van der Waals surface area contributed by atoms with E-state index < -0.39 is 5.60 Å². The number of furan rings is 1. The van der Waals surface area contributed by atoms with E-state index in [1.165, 1.54) is 0 Å². The van der Waals surface area contributed by atoms with Crippen molar-refractivity contribution in [1.82, 2.24) is 0 Å². The molecule has 0 saturated carbocycles. The van der Waals surface area contributed by atoms with E-state index in [0.717, 1.165) is 35.8 Å². The average Bonchev–Trinajstić information content (AvgIpc) is 2.81. The standard InChI is InChI=1S/C16H18O3/c1-11-5-6-13-12(9-11)10-14(19-13)15(17)16(2)7-3-4-8-18-16/h5-6,9-10H,3-4,7-8H2,1-2H3. The lowest BCUT2D eigenvalue weighted by atomic mass is 9.90. The van der Waals surface area contributed by atoms with Gasteiger partial charge in [-0.2, -0.15) is 0 Å². The largest absolute Gasteiger partial charge is 0.453 e. The SMILES string of the molecule is Cc1ccc2oc(C(=O)C3(C)CCCCO3)cc2c1. The Labute approximate surface area is 112 Å². The average molecular weight is 258 g/mol. The molecule has 1 atom stereocenters.